The Kier molecular flexibility index (Phi) is 4.16. The maximum atomic E-state index is 12.2. The van der Waals surface area contributed by atoms with E-state index in [4.69, 9.17) is 18.0 Å². The van der Waals surface area contributed by atoms with Crippen LogP contribution in [0.2, 0.25) is 0 Å². The fourth-order valence-electron chi connectivity index (χ4n) is 1.89. The van der Waals surface area contributed by atoms with E-state index >= 15 is 0 Å². The van der Waals surface area contributed by atoms with Gasteiger partial charge < -0.3 is 5.73 Å². The molecule has 0 amide bonds. The van der Waals surface area contributed by atoms with Gasteiger partial charge in [-0.3, -0.25) is 14.3 Å². The number of aryl methyl sites for hydroxylation is 1. The van der Waals surface area contributed by atoms with Crippen LogP contribution in [0.3, 0.4) is 0 Å². The molecule has 2 aromatic heterocycles. The van der Waals surface area contributed by atoms with Crippen molar-refractivity contribution in [1.82, 2.24) is 9.55 Å². The van der Waals surface area contributed by atoms with E-state index in [9.17, 15) is 9.59 Å². The zero-order chi connectivity index (χ0) is 14.0. The molecular weight excluding hydrogens is 282 g/mol. The molecule has 19 heavy (non-hydrogen) atoms. The number of rotatable bonds is 5. The Morgan fingerprint density at radius 3 is 2.89 bits per heavy atom. The highest BCUT2D eigenvalue weighted by atomic mass is 32.1. The summed E-state index contributed by atoms with van der Waals surface area (Å²) in [6.07, 6.45) is 2.26. The zero-order valence-corrected chi connectivity index (χ0v) is 12.2. The molecule has 0 spiro atoms. The lowest BCUT2D eigenvalue weighted by Gasteiger charge is -2.03. The highest BCUT2D eigenvalue weighted by Crippen LogP contribution is 2.21. The first-order valence-electron chi connectivity index (χ1n) is 6.06. The van der Waals surface area contributed by atoms with Crippen molar-refractivity contribution in [3.05, 3.63) is 31.8 Å². The van der Waals surface area contributed by atoms with Crippen LogP contribution in [0.25, 0.3) is 10.2 Å². The maximum absolute atomic E-state index is 12.2. The number of hydrogen-bond donors (Lipinski definition) is 2. The van der Waals surface area contributed by atoms with Crippen LogP contribution in [-0.2, 0) is 13.0 Å². The van der Waals surface area contributed by atoms with Crippen LogP contribution in [-0.4, -0.2) is 14.5 Å². The third-order valence-electron chi connectivity index (χ3n) is 2.80. The van der Waals surface area contributed by atoms with Gasteiger partial charge in [0.1, 0.15) is 4.83 Å². The fourth-order valence-corrected chi connectivity index (χ4v) is 3.12. The molecule has 102 valence electrons. The van der Waals surface area contributed by atoms with E-state index in [1.165, 1.54) is 11.3 Å². The minimum Gasteiger partial charge on any atom is -0.393 e. The third-order valence-corrected chi connectivity index (χ3v) is 4.12. The average molecular weight is 297 g/mol. The summed E-state index contributed by atoms with van der Waals surface area (Å²) in [5.41, 5.74) is 4.73. The van der Waals surface area contributed by atoms with Crippen molar-refractivity contribution in [2.24, 2.45) is 5.73 Å². The Hall–Kier alpha value is -1.47. The molecule has 5 nitrogen and oxygen atoms in total. The monoisotopic (exact) mass is 297 g/mol. The molecule has 3 N–H and O–H groups in total. The third kappa shape index (κ3) is 2.93. The number of thiophene rings is 1. The van der Waals surface area contributed by atoms with Gasteiger partial charge >= 0.3 is 5.69 Å². The quantitative estimate of drug-likeness (QED) is 0.817. The molecule has 2 heterocycles. The summed E-state index contributed by atoms with van der Waals surface area (Å²) in [6.45, 7) is 2.30. The first-order valence-corrected chi connectivity index (χ1v) is 7.29. The van der Waals surface area contributed by atoms with Crippen molar-refractivity contribution >= 4 is 38.8 Å². The van der Waals surface area contributed by atoms with Gasteiger partial charge in [-0.15, -0.1) is 11.3 Å². The van der Waals surface area contributed by atoms with E-state index in [-0.39, 0.29) is 12.1 Å². The fraction of sp³-hybridized carbons (Fsp3) is 0.417. The first kappa shape index (κ1) is 14.0. The number of hydrogen-bond acceptors (Lipinski definition) is 4. The van der Waals surface area contributed by atoms with Crippen LogP contribution in [0.1, 0.15) is 24.6 Å². The number of aromatic nitrogens is 2. The van der Waals surface area contributed by atoms with Gasteiger partial charge in [-0.25, -0.2) is 4.79 Å². The van der Waals surface area contributed by atoms with E-state index in [0.717, 1.165) is 22.3 Å². The second-order valence-corrected chi connectivity index (χ2v) is 5.97. The van der Waals surface area contributed by atoms with E-state index < -0.39 is 5.69 Å². The van der Waals surface area contributed by atoms with Gasteiger partial charge in [-0.2, -0.15) is 0 Å². The minimum atomic E-state index is -0.404. The molecule has 0 unspecified atom stereocenters. The summed E-state index contributed by atoms with van der Waals surface area (Å²) < 4.78 is 1.16. The van der Waals surface area contributed by atoms with Crippen molar-refractivity contribution in [2.45, 2.75) is 32.7 Å². The molecular formula is C12H15N3O2S2. The first-order chi connectivity index (χ1) is 9.02. The molecule has 0 aliphatic rings. The largest absolute Gasteiger partial charge is 0.393 e. The van der Waals surface area contributed by atoms with Gasteiger partial charge in [0.05, 0.1) is 10.4 Å². The van der Waals surface area contributed by atoms with Gasteiger partial charge in [0.2, 0.25) is 0 Å². The predicted octanol–water partition coefficient (Wildman–Crippen LogP) is 1.38. The molecule has 0 saturated heterocycles. The number of nitrogens with zero attached hydrogens (tertiary/aromatic N) is 1. The summed E-state index contributed by atoms with van der Waals surface area (Å²) in [7, 11) is 0. The van der Waals surface area contributed by atoms with Crippen molar-refractivity contribution in [3.8, 4) is 0 Å². The molecule has 7 heteroatoms. The SMILES string of the molecule is CCCc1cc2c(=O)n(CCC(N)=S)c(=O)[nH]c2s1. The standard InChI is InChI=1S/C12H15N3O2S2/c1-2-3-7-6-8-10(19-7)14-12(17)15(11(8)16)5-4-9(13)18/h6H,2-5H2,1H3,(H2,13,18)(H,14,17). The van der Waals surface area contributed by atoms with Crippen LogP contribution < -0.4 is 17.0 Å². The lowest BCUT2D eigenvalue weighted by Crippen LogP contribution is -2.35. The minimum absolute atomic E-state index is 0.221. The molecule has 2 aromatic rings. The highest BCUT2D eigenvalue weighted by molar-refractivity contribution is 7.80. The van der Waals surface area contributed by atoms with Crippen molar-refractivity contribution in [3.63, 3.8) is 0 Å². The molecule has 0 atom stereocenters. The lowest BCUT2D eigenvalue weighted by molar-refractivity contribution is 0.659. The molecule has 0 aliphatic heterocycles. The van der Waals surface area contributed by atoms with E-state index in [0.29, 0.717) is 21.6 Å². The summed E-state index contributed by atoms with van der Waals surface area (Å²) >= 11 is 6.23. The summed E-state index contributed by atoms with van der Waals surface area (Å²) in [5.74, 6) is 0. The normalized spacial score (nSPS) is 11.0. The second-order valence-electron chi connectivity index (χ2n) is 4.31. The Balaban J connectivity index is 2.51. The summed E-state index contributed by atoms with van der Waals surface area (Å²) in [6, 6.07) is 1.86. The summed E-state index contributed by atoms with van der Waals surface area (Å²) in [5, 5.41) is 0.566. The zero-order valence-electron chi connectivity index (χ0n) is 10.6. The molecule has 0 aliphatic carbocycles. The smallest absolute Gasteiger partial charge is 0.329 e. The van der Waals surface area contributed by atoms with Crippen LogP contribution in [0, 0.1) is 0 Å². The van der Waals surface area contributed by atoms with Crippen molar-refractivity contribution < 1.29 is 0 Å². The lowest BCUT2D eigenvalue weighted by atomic mass is 10.2. The molecule has 0 bridgehead atoms. The number of aromatic amines is 1. The molecule has 2 rings (SSSR count). The van der Waals surface area contributed by atoms with E-state index in [1.54, 1.807) is 0 Å². The maximum Gasteiger partial charge on any atom is 0.329 e. The van der Waals surface area contributed by atoms with E-state index in [2.05, 4.69) is 11.9 Å². The van der Waals surface area contributed by atoms with Crippen molar-refractivity contribution in [1.29, 1.82) is 0 Å². The van der Waals surface area contributed by atoms with Crippen LogP contribution in [0.5, 0.6) is 0 Å². The number of nitrogens with one attached hydrogen (secondary N) is 1. The Labute approximate surface area is 119 Å². The molecule has 0 aromatic carbocycles. The molecule has 0 radical (unpaired) electrons. The highest BCUT2D eigenvalue weighted by Gasteiger charge is 2.11. The molecule has 0 saturated carbocycles. The predicted molar refractivity (Wildman–Crippen MR) is 82.1 cm³/mol. The van der Waals surface area contributed by atoms with Gasteiger partial charge in [0.15, 0.2) is 0 Å². The Bertz CT molecular complexity index is 727. The van der Waals surface area contributed by atoms with Crippen molar-refractivity contribution in [2.75, 3.05) is 0 Å². The number of nitrogens with two attached hydrogens (primary N) is 1. The Morgan fingerprint density at radius 2 is 2.26 bits per heavy atom. The number of thiocarbonyl (C=S) groups is 1. The van der Waals surface area contributed by atoms with Crippen LogP contribution >= 0.6 is 23.6 Å². The van der Waals surface area contributed by atoms with Gasteiger partial charge in [-0.05, 0) is 12.5 Å². The van der Waals surface area contributed by atoms with Gasteiger partial charge in [-0.1, -0.05) is 25.6 Å². The summed E-state index contributed by atoms with van der Waals surface area (Å²) in [4.78, 5) is 28.9. The van der Waals surface area contributed by atoms with Gasteiger partial charge in [0.25, 0.3) is 5.56 Å². The van der Waals surface area contributed by atoms with Gasteiger partial charge in [0, 0.05) is 17.8 Å². The van der Waals surface area contributed by atoms with Crippen LogP contribution in [0.4, 0.5) is 0 Å². The topological polar surface area (TPSA) is 80.9 Å². The van der Waals surface area contributed by atoms with E-state index in [1.807, 2.05) is 6.07 Å². The Morgan fingerprint density at radius 1 is 1.53 bits per heavy atom. The van der Waals surface area contributed by atoms with Crippen LogP contribution in [0.15, 0.2) is 15.7 Å². The number of fused-ring (bicyclic) bond motifs is 1. The number of H-pyrrole nitrogens is 1. The average Bonchev–Trinajstić information content (AvgIpc) is 2.71. The second kappa shape index (κ2) is 5.66. The molecule has 0 fully saturated rings.